The molecule has 132 valence electrons. The van der Waals surface area contributed by atoms with E-state index in [0.717, 1.165) is 0 Å². The monoisotopic (exact) mass is 320 g/mol. The van der Waals surface area contributed by atoms with Gasteiger partial charge in [0, 0.05) is 13.5 Å². The molecule has 0 aromatic carbocycles. The van der Waals surface area contributed by atoms with Gasteiger partial charge in [-0.2, -0.15) is 0 Å². The van der Waals surface area contributed by atoms with E-state index in [1.807, 2.05) is 41.5 Å². The average molecular weight is 320 g/mol. The third kappa shape index (κ3) is 36.2. The second-order valence-corrected chi connectivity index (χ2v) is 6.17. The maximum Gasteiger partial charge on any atom is 0.312 e. The predicted molar refractivity (Wildman–Crippen MR) is 86.5 cm³/mol. The van der Waals surface area contributed by atoms with Gasteiger partial charge in [0.25, 0.3) is 0 Å². The summed E-state index contributed by atoms with van der Waals surface area (Å²) in [5, 5.41) is 2.07. The fourth-order valence-corrected chi connectivity index (χ4v) is 0.556. The molecule has 0 saturated heterocycles. The van der Waals surface area contributed by atoms with Gasteiger partial charge >= 0.3 is 12.0 Å². The van der Waals surface area contributed by atoms with E-state index in [1.165, 1.54) is 0 Å². The minimum atomic E-state index is -0.674. The number of primary amides is 1. The number of ether oxygens (including phenoxy) is 2. The van der Waals surface area contributed by atoms with Gasteiger partial charge in [-0.15, -0.1) is 0 Å². The molecule has 7 nitrogen and oxygen atoms in total. The van der Waals surface area contributed by atoms with Gasteiger partial charge in [0.1, 0.15) is 11.9 Å². The Morgan fingerprint density at radius 1 is 1.09 bits per heavy atom. The van der Waals surface area contributed by atoms with Gasteiger partial charge in [-0.25, -0.2) is 4.79 Å². The first-order chi connectivity index (χ1) is 9.79. The predicted octanol–water partition coefficient (Wildman–Crippen LogP) is 2.02. The lowest BCUT2D eigenvalue weighted by Crippen LogP contribution is -2.30. The summed E-state index contributed by atoms with van der Waals surface area (Å²) in [6, 6.07) is -0.674. The van der Waals surface area contributed by atoms with E-state index in [2.05, 4.69) is 11.1 Å². The van der Waals surface area contributed by atoms with Crippen LogP contribution in [0.2, 0.25) is 0 Å². The van der Waals surface area contributed by atoms with Gasteiger partial charge in [-0.1, -0.05) is 6.92 Å². The molecule has 0 atom stereocenters. The van der Waals surface area contributed by atoms with Crippen LogP contribution in [0.5, 0.6) is 0 Å². The number of nitrogens with one attached hydrogen (secondary N) is 1. The Balaban J connectivity index is -0.000000252. The maximum absolute atomic E-state index is 10.6. The zero-order valence-electron chi connectivity index (χ0n) is 15.1. The third-order valence-electron chi connectivity index (χ3n) is 1.68. The van der Waals surface area contributed by atoms with Crippen LogP contribution in [-0.4, -0.2) is 43.1 Å². The van der Waals surface area contributed by atoms with Crippen molar-refractivity contribution in [1.29, 1.82) is 0 Å². The normalized spacial score (nSPS) is 10.2. The molecule has 0 aliphatic carbocycles. The summed E-state index contributed by atoms with van der Waals surface area (Å²) in [6.07, 6.45) is 1.02. The van der Waals surface area contributed by atoms with Crippen molar-refractivity contribution in [3.05, 3.63) is 0 Å². The minimum absolute atomic E-state index is 0.00463. The number of hydrogen-bond acceptors (Lipinski definition) is 5. The summed E-state index contributed by atoms with van der Waals surface area (Å²) in [4.78, 5) is 29.8. The highest BCUT2D eigenvalue weighted by molar-refractivity contribution is 5.74. The lowest BCUT2D eigenvalue weighted by molar-refractivity contribution is -0.154. The van der Waals surface area contributed by atoms with Crippen LogP contribution in [0, 0.1) is 0 Å². The summed E-state index contributed by atoms with van der Waals surface area (Å²) in [5.74, 6) is -0.137. The van der Waals surface area contributed by atoms with E-state index in [0.29, 0.717) is 12.7 Å². The zero-order chi connectivity index (χ0) is 18.4. The Labute approximate surface area is 133 Å². The molecule has 0 unspecified atom stereocenters. The molecule has 0 heterocycles. The quantitative estimate of drug-likeness (QED) is 0.611. The number of carbonyl (C=O) groups is 3. The molecule has 7 heteroatoms. The maximum atomic E-state index is 10.6. The number of rotatable bonds is 3. The number of carbonyl (C=O) groups excluding carboxylic acids is 3. The molecule has 22 heavy (non-hydrogen) atoms. The van der Waals surface area contributed by atoms with Crippen LogP contribution >= 0.6 is 0 Å². The van der Waals surface area contributed by atoms with Crippen molar-refractivity contribution < 1.29 is 23.9 Å². The second kappa shape index (κ2) is 13.1. The molecule has 0 fully saturated rings. The van der Waals surface area contributed by atoms with Crippen LogP contribution in [0.3, 0.4) is 0 Å². The standard InChI is InChI=1S/C7H14O2.C5H12O.C3H6N2O2/c1-5-6(8)9-7(2,3)4;1-5(2,3)6-4;4-3(7)5-1-2-6/h5H2,1-4H3;1-4H3;2H,1H2,(H3,4,5,7). The Morgan fingerprint density at radius 2 is 1.50 bits per heavy atom. The first-order valence-corrected chi connectivity index (χ1v) is 7.03. The van der Waals surface area contributed by atoms with Crippen molar-refractivity contribution in [1.82, 2.24) is 5.32 Å². The van der Waals surface area contributed by atoms with Crippen molar-refractivity contribution in [2.24, 2.45) is 5.73 Å². The largest absolute Gasteiger partial charge is 0.460 e. The highest BCUT2D eigenvalue weighted by Gasteiger charge is 2.13. The van der Waals surface area contributed by atoms with Gasteiger partial charge in [-0.05, 0) is 41.5 Å². The number of methoxy groups -OCH3 is 1. The summed E-state index contributed by atoms with van der Waals surface area (Å²) in [6.45, 7) is 13.4. The molecule has 0 radical (unpaired) electrons. The molecular formula is C15H32N2O5. The molecule has 0 spiro atoms. The van der Waals surface area contributed by atoms with Crippen LogP contribution in [0.1, 0.15) is 54.9 Å². The summed E-state index contributed by atoms with van der Waals surface area (Å²) < 4.78 is 9.89. The zero-order valence-corrected chi connectivity index (χ0v) is 15.1. The second-order valence-electron chi connectivity index (χ2n) is 6.17. The molecule has 0 saturated carbocycles. The molecule has 0 aromatic heterocycles. The Hall–Kier alpha value is -1.63. The fourth-order valence-electron chi connectivity index (χ4n) is 0.556. The average Bonchev–Trinajstić information content (AvgIpc) is 2.34. The van der Waals surface area contributed by atoms with E-state index in [4.69, 9.17) is 9.47 Å². The lowest BCUT2D eigenvalue weighted by atomic mass is 10.2. The SMILES string of the molecule is CCC(=O)OC(C)(C)C.COC(C)(C)C.NC(=O)NCC=O. The number of nitrogens with two attached hydrogens (primary N) is 1. The smallest absolute Gasteiger partial charge is 0.312 e. The van der Waals surface area contributed by atoms with Crippen molar-refractivity contribution in [2.75, 3.05) is 13.7 Å². The number of aldehydes is 1. The highest BCUT2D eigenvalue weighted by atomic mass is 16.6. The van der Waals surface area contributed by atoms with Crippen molar-refractivity contribution in [3.8, 4) is 0 Å². The van der Waals surface area contributed by atoms with E-state index >= 15 is 0 Å². The Morgan fingerprint density at radius 3 is 1.59 bits per heavy atom. The molecule has 3 N–H and O–H groups in total. The Kier molecular flexibility index (Phi) is 15.0. The first-order valence-electron chi connectivity index (χ1n) is 7.03. The van der Waals surface area contributed by atoms with E-state index < -0.39 is 6.03 Å². The van der Waals surface area contributed by atoms with Crippen LogP contribution in [0.4, 0.5) is 4.79 Å². The molecule has 0 aromatic rings. The van der Waals surface area contributed by atoms with E-state index in [1.54, 1.807) is 14.0 Å². The van der Waals surface area contributed by atoms with Crippen molar-refractivity contribution >= 4 is 18.3 Å². The molecular weight excluding hydrogens is 288 g/mol. The van der Waals surface area contributed by atoms with Crippen LogP contribution < -0.4 is 11.1 Å². The molecule has 0 rings (SSSR count). The highest BCUT2D eigenvalue weighted by Crippen LogP contribution is 2.07. The summed E-state index contributed by atoms with van der Waals surface area (Å²) >= 11 is 0. The van der Waals surface area contributed by atoms with Gasteiger partial charge in [0.05, 0.1) is 12.1 Å². The van der Waals surface area contributed by atoms with Gasteiger partial charge in [0.2, 0.25) is 0 Å². The molecule has 0 aliphatic rings. The fraction of sp³-hybridized carbons (Fsp3) is 0.800. The van der Waals surface area contributed by atoms with Gasteiger partial charge < -0.3 is 25.3 Å². The number of urea groups is 1. The molecule has 0 bridgehead atoms. The van der Waals surface area contributed by atoms with E-state index in [9.17, 15) is 14.4 Å². The van der Waals surface area contributed by atoms with Crippen LogP contribution in [-0.2, 0) is 19.1 Å². The topological polar surface area (TPSA) is 108 Å². The number of hydrogen-bond donors (Lipinski definition) is 2. The first kappa shape index (κ1) is 25.3. The van der Waals surface area contributed by atoms with Crippen LogP contribution in [0.15, 0.2) is 0 Å². The van der Waals surface area contributed by atoms with Gasteiger partial charge in [-0.3, -0.25) is 4.79 Å². The summed E-state index contributed by atoms with van der Waals surface area (Å²) in [5.41, 5.74) is 4.28. The minimum Gasteiger partial charge on any atom is -0.460 e. The number of esters is 1. The third-order valence-corrected chi connectivity index (χ3v) is 1.68. The lowest BCUT2D eigenvalue weighted by Gasteiger charge is -2.18. The van der Waals surface area contributed by atoms with E-state index in [-0.39, 0.29) is 23.7 Å². The summed E-state index contributed by atoms with van der Waals surface area (Å²) in [7, 11) is 1.71. The van der Waals surface area contributed by atoms with Gasteiger partial charge in [0.15, 0.2) is 0 Å². The Bertz CT molecular complexity index is 317. The molecule has 0 aliphatic heterocycles. The van der Waals surface area contributed by atoms with Crippen LogP contribution in [0.25, 0.3) is 0 Å². The molecule has 2 amide bonds. The van der Waals surface area contributed by atoms with Crippen molar-refractivity contribution in [3.63, 3.8) is 0 Å². The number of amides is 2. The van der Waals surface area contributed by atoms with Crippen molar-refractivity contribution in [2.45, 2.75) is 66.1 Å².